The molecule has 0 spiro atoms. The zero-order valence-corrected chi connectivity index (χ0v) is 17.0. The summed E-state index contributed by atoms with van der Waals surface area (Å²) in [5.41, 5.74) is 0. The molecule has 7 nitrogen and oxygen atoms in total. The van der Waals surface area contributed by atoms with E-state index in [0.717, 1.165) is 30.2 Å². The maximum Gasteiger partial charge on any atom is 0.233 e. The minimum Gasteiger partial charge on any atom is -0.339 e. The number of amides is 2. The monoisotopic (exact) mass is 405 g/mol. The van der Waals surface area contributed by atoms with Crippen molar-refractivity contribution in [3.05, 3.63) is 28.2 Å². The second-order valence-corrected chi connectivity index (χ2v) is 8.91. The van der Waals surface area contributed by atoms with Crippen molar-refractivity contribution in [2.75, 3.05) is 31.9 Å². The van der Waals surface area contributed by atoms with Crippen molar-refractivity contribution in [2.45, 2.75) is 37.4 Å². The lowest BCUT2D eigenvalue weighted by Gasteiger charge is -2.34. The molecular formula is C18H23N5O2S2. The molecule has 1 aliphatic heterocycles. The van der Waals surface area contributed by atoms with E-state index >= 15 is 0 Å². The van der Waals surface area contributed by atoms with Crippen LogP contribution in [0.5, 0.6) is 0 Å². The van der Waals surface area contributed by atoms with Crippen LogP contribution in [-0.2, 0) is 16.0 Å². The molecule has 2 aliphatic rings. The second-order valence-electron chi connectivity index (χ2n) is 6.93. The number of piperazine rings is 1. The Labute approximate surface area is 166 Å². The van der Waals surface area contributed by atoms with E-state index in [1.165, 1.54) is 16.6 Å². The normalized spacial score (nSPS) is 17.4. The Balaban J connectivity index is 1.36. The minimum atomic E-state index is 0.0762. The summed E-state index contributed by atoms with van der Waals surface area (Å²) < 4.78 is 2.23. The van der Waals surface area contributed by atoms with Crippen LogP contribution in [0, 0.1) is 0 Å². The molecule has 0 aromatic carbocycles. The zero-order chi connectivity index (χ0) is 18.8. The van der Waals surface area contributed by atoms with Gasteiger partial charge in [-0.3, -0.25) is 9.59 Å². The molecule has 3 heterocycles. The molecule has 144 valence electrons. The molecule has 2 aromatic heterocycles. The molecule has 0 unspecified atom stereocenters. The summed E-state index contributed by atoms with van der Waals surface area (Å²) in [6.45, 7) is 4.03. The molecule has 0 radical (unpaired) electrons. The number of hydrogen-bond donors (Lipinski definition) is 0. The van der Waals surface area contributed by atoms with Crippen molar-refractivity contribution in [1.82, 2.24) is 24.6 Å². The van der Waals surface area contributed by atoms with Crippen LogP contribution < -0.4 is 0 Å². The molecule has 2 amide bonds. The van der Waals surface area contributed by atoms with E-state index in [1.54, 1.807) is 23.2 Å². The summed E-state index contributed by atoms with van der Waals surface area (Å²) in [5.74, 6) is 1.54. The van der Waals surface area contributed by atoms with Gasteiger partial charge in [0.25, 0.3) is 0 Å². The summed E-state index contributed by atoms with van der Waals surface area (Å²) in [4.78, 5) is 28.9. The van der Waals surface area contributed by atoms with Crippen LogP contribution in [0.15, 0.2) is 22.7 Å². The van der Waals surface area contributed by atoms with Gasteiger partial charge in [-0.1, -0.05) is 17.8 Å². The smallest absolute Gasteiger partial charge is 0.233 e. The highest BCUT2D eigenvalue weighted by Crippen LogP contribution is 2.39. The van der Waals surface area contributed by atoms with Crippen LogP contribution in [0.2, 0.25) is 0 Å². The first kappa shape index (κ1) is 18.5. The number of rotatable bonds is 6. The number of aromatic nitrogens is 3. The fourth-order valence-electron chi connectivity index (χ4n) is 3.28. The standard InChI is InChI=1S/C18H23N5O2S2/c1-13(24)21-6-8-22(9-7-21)17(25)12-27-18-20-19-16(23(18)14-4-5-14)11-15-3-2-10-26-15/h2-3,10,14H,4-9,11-12H2,1H3. The quantitative estimate of drug-likeness (QED) is 0.688. The van der Waals surface area contributed by atoms with Gasteiger partial charge >= 0.3 is 0 Å². The Hall–Kier alpha value is -1.87. The van der Waals surface area contributed by atoms with Gasteiger partial charge in [-0.2, -0.15) is 0 Å². The average Bonchev–Trinajstić information content (AvgIpc) is 3.22. The largest absolute Gasteiger partial charge is 0.339 e. The molecule has 4 rings (SSSR count). The second kappa shape index (κ2) is 8.02. The van der Waals surface area contributed by atoms with E-state index < -0.39 is 0 Å². The van der Waals surface area contributed by atoms with Crippen LogP contribution in [0.4, 0.5) is 0 Å². The van der Waals surface area contributed by atoms with E-state index in [-0.39, 0.29) is 11.8 Å². The summed E-state index contributed by atoms with van der Waals surface area (Å²) in [7, 11) is 0. The first-order valence-corrected chi connectivity index (χ1v) is 11.1. The third kappa shape index (κ3) is 4.35. The van der Waals surface area contributed by atoms with Crippen LogP contribution in [0.3, 0.4) is 0 Å². The molecule has 0 atom stereocenters. The Morgan fingerprint density at radius 3 is 2.56 bits per heavy atom. The highest BCUT2D eigenvalue weighted by Gasteiger charge is 2.30. The Morgan fingerprint density at radius 2 is 1.93 bits per heavy atom. The summed E-state index contributed by atoms with van der Waals surface area (Å²) >= 11 is 3.21. The molecule has 1 saturated heterocycles. The Kier molecular flexibility index (Phi) is 5.49. The molecular weight excluding hydrogens is 382 g/mol. The first-order chi connectivity index (χ1) is 13.1. The van der Waals surface area contributed by atoms with Crippen LogP contribution in [0.1, 0.15) is 36.5 Å². The highest BCUT2D eigenvalue weighted by atomic mass is 32.2. The highest BCUT2D eigenvalue weighted by molar-refractivity contribution is 7.99. The van der Waals surface area contributed by atoms with Gasteiger partial charge in [-0.15, -0.1) is 21.5 Å². The molecule has 2 fully saturated rings. The Bertz CT molecular complexity index is 808. The van der Waals surface area contributed by atoms with E-state index in [0.29, 0.717) is 38.0 Å². The average molecular weight is 406 g/mol. The van der Waals surface area contributed by atoms with Crippen molar-refractivity contribution in [2.24, 2.45) is 0 Å². The topological polar surface area (TPSA) is 71.3 Å². The number of carbonyl (C=O) groups is 2. The van der Waals surface area contributed by atoms with E-state index in [9.17, 15) is 9.59 Å². The van der Waals surface area contributed by atoms with Crippen molar-refractivity contribution >= 4 is 34.9 Å². The van der Waals surface area contributed by atoms with Crippen LogP contribution >= 0.6 is 23.1 Å². The lowest BCUT2D eigenvalue weighted by molar-refractivity contribution is -0.136. The number of thioether (sulfide) groups is 1. The minimum absolute atomic E-state index is 0.0762. The molecule has 2 aromatic rings. The molecule has 0 N–H and O–H groups in total. The zero-order valence-electron chi connectivity index (χ0n) is 15.3. The predicted octanol–water partition coefficient (Wildman–Crippen LogP) is 2.05. The van der Waals surface area contributed by atoms with Gasteiger partial charge in [0.05, 0.1) is 5.75 Å². The van der Waals surface area contributed by atoms with Crippen LogP contribution in [-0.4, -0.2) is 68.3 Å². The molecule has 1 saturated carbocycles. The number of nitrogens with zero attached hydrogens (tertiary/aromatic N) is 5. The molecule has 1 aliphatic carbocycles. The Morgan fingerprint density at radius 1 is 1.19 bits per heavy atom. The van der Waals surface area contributed by atoms with Crippen LogP contribution in [0.25, 0.3) is 0 Å². The maximum atomic E-state index is 12.6. The lowest BCUT2D eigenvalue weighted by atomic mass is 10.3. The molecule has 27 heavy (non-hydrogen) atoms. The fourth-order valence-corrected chi connectivity index (χ4v) is 4.91. The molecule has 9 heteroatoms. The van der Waals surface area contributed by atoms with Gasteiger partial charge in [0.2, 0.25) is 11.8 Å². The van der Waals surface area contributed by atoms with Gasteiger partial charge in [-0.05, 0) is 24.3 Å². The first-order valence-electron chi connectivity index (χ1n) is 9.24. The molecule has 0 bridgehead atoms. The summed E-state index contributed by atoms with van der Waals surface area (Å²) in [5, 5.41) is 11.7. The van der Waals surface area contributed by atoms with Crippen molar-refractivity contribution in [3.8, 4) is 0 Å². The number of thiophene rings is 1. The van der Waals surface area contributed by atoms with Crippen molar-refractivity contribution in [1.29, 1.82) is 0 Å². The van der Waals surface area contributed by atoms with Crippen molar-refractivity contribution in [3.63, 3.8) is 0 Å². The third-order valence-corrected chi connectivity index (χ3v) is 6.77. The lowest BCUT2D eigenvalue weighted by Crippen LogP contribution is -2.50. The SMILES string of the molecule is CC(=O)N1CCN(C(=O)CSc2nnc(Cc3cccs3)n2C2CC2)CC1. The maximum absolute atomic E-state index is 12.6. The fraction of sp³-hybridized carbons (Fsp3) is 0.556. The van der Waals surface area contributed by atoms with Gasteiger partial charge in [0, 0.05) is 50.4 Å². The number of carbonyl (C=O) groups excluding carboxylic acids is 2. The van der Waals surface area contributed by atoms with Gasteiger partial charge in [0.1, 0.15) is 5.82 Å². The van der Waals surface area contributed by atoms with Gasteiger partial charge < -0.3 is 14.4 Å². The predicted molar refractivity (Wildman–Crippen MR) is 105 cm³/mol. The van der Waals surface area contributed by atoms with Gasteiger partial charge in [-0.25, -0.2) is 0 Å². The number of hydrogen-bond acceptors (Lipinski definition) is 6. The third-order valence-electron chi connectivity index (χ3n) is 4.96. The van der Waals surface area contributed by atoms with Crippen molar-refractivity contribution < 1.29 is 9.59 Å². The van der Waals surface area contributed by atoms with E-state index in [2.05, 4.69) is 32.3 Å². The van der Waals surface area contributed by atoms with Gasteiger partial charge in [0.15, 0.2) is 5.16 Å². The summed E-state index contributed by atoms with van der Waals surface area (Å²) in [6, 6.07) is 4.65. The van der Waals surface area contributed by atoms with E-state index in [1.807, 2.05) is 4.90 Å². The summed E-state index contributed by atoms with van der Waals surface area (Å²) in [6.07, 6.45) is 3.11. The van der Waals surface area contributed by atoms with E-state index in [4.69, 9.17) is 0 Å².